The van der Waals surface area contributed by atoms with Gasteiger partial charge in [0.1, 0.15) is 11.9 Å². The van der Waals surface area contributed by atoms with Crippen LogP contribution in [-0.4, -0.2) is 31.7 Å². The van der Waals surface area contributed by atoms with Crippen molar-refractivity contribution in [2.24, 2.45) is 5.92 Å². The molecule has 0 radical (unpaired) electrons. The molecule has 1 fully saturated rings. The number of anilines is 1. The molecule has 0 aliphatic carbocycles. The lowest BCUT2D eigenvalue weighted by molar-refractivity contribution is 0.401. The fourth-order valence-electron chi connectivity index (χ4n) is 2.90. The normalized spacial score (nSPS) is 19.3. The molecule has 102 valence electrons. The summed E-state index contributed by atoms with van der Waals surface area (Å²) < 4.78 is 0. The quantitative estimate of drug-likeness (QED) is 0.901. The molecule has 0 spiro atoms. The van der Waals surface area contributed by atoms with Gasteiger partial charge in [0.15, 0.2) is 0 Å². The number of nitrogens with zero attached hydrogens (tertiary/aromatic N) is 3. The summed E-state index contributed by atoms with van der Waals surface area (Å²) in [5.74, 6) is 1.52. The minimum atomic E-state index is 0.646. The number of aromatic nitrogens is 1. The van der Waals surface area contributed by atoms with Gasteiger partial charge in [-0.1, -0.05) is 0 Å². The topological polar surface area (TPSA) is 52.0 Å². The molecule has 4 nitrogen and oxygen atoms in total. The van der Waals surface area contributed by atoms with Crippen LogP contribution >= 0.6 is 0 Å². The Morgan fingerprint density at radius 2 is 2.32 bits per heavy atom. The van der Waals surface area contributed by atoms with Crippen LogP contribution < -0.4 is 10.2 Å². The summed E-state index contributed by atoms with van der Waals surface area (Å²) in [6.07, 6.45) is 2.43. The highest BCUT2D eigenvalue weighted by Crippen LogP contribution is 2.26. The van der Waals surface area contributed by atoms with Crippen molar-refractivity contribution in [1.82, 2.24) is 10.3 Å². The maximum atomic E-state index is 9.36. The molecule has 0 aromatic carbocycles. The highest BCUT2D eigenvalue weighted by molar-refractivity contribution is 5.58. The average molecular weight is 258 g/mol. The first kappa shape index (κ1) is 13.8. The summed E-state index contributed by atoms with van der Waals surface area (Å²) in [5, 5.41) is 12.6. The monoisotopic (exact) mass is 258 g/mol. The van der Waals surface area contributed by atoms with Gasteiger partial charge in [0, 0.05) is 18.8 Å². The number of nitrogens with one attached hydrogen (secondary N) is 1. The van der Waals surface area contributed by atoms with Gasteiger partial charge in [0.2, 0.25) is 0 Å². The van der Waals surface area contributed by atoms with Gasteiger partial charge in [-0.25, -0.2) is 4.98 Å². The van der Waals surface area contributed by atoms with E-state index in [0.29, 0.717) is 5.92 Å². The van der Waals surface area contributed by atoms with Crippen molar-refractivity contribution in [3.63, 3.8) is 0 Å². The van der Waals surface area contributed by atoms with Crippen LogP contribution in [0, 0.1) is 31.1 Å². The van der Waals surface area contributed by atoms with Gasteiger partial charge in [0.05, 0.1) is 5.56 Å². The van der Waals surface area contributed by atoms with Crippen LogP contribution in [-0.2, 0) is 0 Å². The molecule has 1 N–H and O–H groups in total. The first-order chi connectivity index (χ1) is 9.15. The molecule has 0 bridgehead atoms. The molecule has 1 saturated heterocycles. The zero-order valence-electron chi connectivity index (χ0n) is 12.0. The van der Waals surface area contributed by atoms with Gasteiger partial charge in [-0.05, 0) is 57.8 Å². The Morgan fingerprint density at radius 3 is 3.00 bits per heavy atom. The fraction of sp³-hybridized carbons (Fsp3) is 0.600. The van der Waals surface area contributed by atoms with Gasteiger partial charge in [-0.3, -0.25) is 0 Å². The van der Waals surface area contributed by atoms with Crippen LogP contribution in [0.2, 0.25) is 0 Å². The summed E-state index contributed by atoms with van der Waals surface area (Å²) in [6, 6.07) is 4.30. The molecule has 1 aromatic heterocycles. The standard InChI is InChI=1S/C15H22N4/c1-11-7-12(2)18-15(14(11)8-16)19-6-4-5-13(10-19)9-17-3/h7,13,17H,4-6,9-10H2,1-3H3. The summed E-state index contributed by atoms with van der Waals surface area (Å²) in [6.45, 7) is 7.01. The fourth-order valence-corrected chi connectivity index (χ4v) is 2.90. The molecular weight excluding hydrogens is 236 g/mol. The number of nitriles is 1. The third-order valence-electron chi connectivity index (χ3n) is 3.75. The van der Waals surface area contributed by atoms with E-state index >= 15 is 0 Å². The van der Waals surface area contributed by atoms with Gasteiger partial charge >= 0.3 is 0 Å². The van der Waals surface area contributed by atoms with E-state index in [9.17, 15) is 5.26 Å². The summed E-state index contributed by atoms with van der Waals surface area (Å²) in [7, 11) is 1.99. The second-order valence-corrected chi connectivity index (χ2v) is 5.40. The Kier molecular flexibility index (Phi) is 4.39. The molecule has 1 atom stereocenters. The number of pyridine rings is 1. The molecule has 1 unspecified atom stereocenters. The Hall–Kier alpha value is -1.60. The molecular formula is C15H22N4. The lowest BCUT2D eigenvalue weighted by Crippen LogP contribution is -2.40. The smallest absolute Gasteiger partial charge is 0.147 e. The van der Waals surface area contributed by atoms with Gasteiger partial charge in [-0.2, -0.15) is 5.26 Å². The number of rotatable bonds is 3. The molecule has 2 heterocycles. The van der Waals surface area contributed by atoms with Gasteiger partial charge in [-0.15, -0.1) is 0 Å². The van der Waals surface area contributed by atoms with E-state index in [-0.39, 0.29) is 0 Å². The average Bonchev–Trinajstić information content (AvgIpc) is 2.38. The van der Waals surface area contributed by atoms with E-state index in [1.807, 2.05) is 27.0 Å². The van der Waals surface area contributed by atoms with E-state index in [4.69, 9.17) is 0 Å². The van der Waals surface area contributed by atoms with Crippen molar-refractivity contribution < 1.29 is 0 Å². The first-order valence-electron chi connectivity index (χ1n) is 6.93. The van der Waals surface area contributed by atoms with Crippen LogP contribution in [0.15, 0.2) is 6.07 Å². The van der Waals surface area contributed by atoms with Crippen LogP contribution in [0.25, 0.3) is 0 Å². The highest BCUT2D eigenvalue weighted by Gasteiger charge is 2.23. The van der Waals surface area contributed by atoms with E-state index < -0.39 is 0 Å². The predicted octanol–water partition coefficient (Wildman–Crippen LogP) is 2.01. The van der Waals surface area contributed by atoms with Crippen LogP contribution in [0.4, 0.5) is 5.82 Å². The first-order valence-corrected chi connectivity index (χ1v) is 6.93. The SMILES string of the molecule is CNCC1CCCN(c2nc(C)cc(C)c2C#N)C1. The number of hydrogen-bond donors (Lipinski definition) is 1. The van der Waals surface area contributed by atoms with Gasteiger partial charge < -0.3 is 10.2 Å². The molecule has 1 aliphatic rings. The zero-order chi connectivity index (χ0) is 13.8. The molecule has 2 rings (SSSR count). The highest BCUT2D eigenvalue weighted by atomic mass is 15.2. The van der Waals surface area contributed by atoms with Gasteiger partial charge in [0.25, 0.3) is 0 Å². The maximum absolute atomic E-state index is 9.36. The van der Waals surface area contributed by atoms with Crippen molar-refractivity contribution in [3.8, 4) is 6.07 Å². The second-order valence-electron chi connectivity index (χ2n) is 5.40. The molecule has 4 heteroatoms. The Morgan fingerprint density at radius 1 is 1.53 bits per heavy atom. The minimum absolute atomic E-state index is 0.646. The number of piperidine rings is 1. The Balaban J connectivity index is 2.28. The lowest BCUT2D eigenvalue weighted by atomic mass is 9.97. The number of aryl methyl sites for hydroxylation is 2. The van der Waals surface area contributed by atoms with Crippen LogP contribution in [0.3, 0.4) is 0 Å². The van der Waals surface area contributed by atoms with Crippen molar-refractivity contribution >= 4 is 5.82 Å². The third kappa shape index (κ3) is 3.05. The van der Waals surface area contributed by atoms with E-state index in [0.717, 1.165) is 42.3 Å². The van der Waals surface area contributed by atoms with Crippen molar-refractivity contribution in [1.29, 1.82) is 5.26 Å². The third-order valence-corrected chi connectivity index (χ3v) is 3.75. The Bertz CT molecular complexity index is 488. The molecule has 1 aliphatic heterocycles. The van der Waals surface area contributed by atoms with Crippen LogP contribution in [0.1, 0.15) is 29.7 Å². The van der Waals surface area contributed by atoms with Crippen molar-refractivity contribution in [2.75, 3.05) is 31.6 Å². The summed E-state index contributed by atoms with van der Waals surface area (Å²) in [5.41, 5.74) is 2.75. The van der Waals surface area contributed by atoms with E-state index in [2.05, 4.69) is 21.3 Å². The van der Waals surface area contributed by atoms with E-state index in [1.54, 1.807) is 0 Å². The molecule has 0 amide bonds. The Labute approximate surface area is 115 Å². The summed E-state index contributed by atoms with van der Waals surface area (Å²) in [4.78, 5) is 6.89. The second kappa shape index (κ2) is 6.03. The molecule has 19 heavy (non-hydrogen) atoms. The zero-order valence-corrected chi connectivity index (χ0v) is 12.0. The van der Waals surface area contributed by atoms with Crippen LogP contribution in [0.5, 0.6) is 0 Å². The summed E-state index contributed by atoms with van der Waals surface area (Å²) >= 11 is 0. The van der Waals surface area contributed by atoms with Crippen molar-refractivity contribution in [3.05, 3.63) is 22.9 Å². The maximum Gasteiger partial charge on any atom is 0.147 e. The predicted molar refractivity (Wildman–Crippen MR) is 77.3 cm³/mol. The van der Waals surface area contributed by atoms with E-state index in [1.165, 1.54) is 12.8 Å². The number of hydrogen-bond acceptors (Lipinski definition) is 4. The molecule has 1 aromatic rings. The lowest BCUT2D eigenvalue weighted by Gasteiger charge is -2.34. The molecule has 0 saturated carbocycles. The largest absolute Gasteiger partial charge is 0.355 e. The minimum Gasteiger partial charge on any atom is -0.355 e. The van der Waals surface area contributed by atoms with Crippen molar-refractivity contribution in [2.45, 2.75) is 26.7 Å².